The maximum atomic E-state index is 11.5. The second-order valence-electron chi connectivity index (χ2n) is 5.05. The summed E-state index contributed by atoms with van der Waals surface area (Å²) in [6, 6.07) is 4.22. The monoisotopic (exact) mass is 280 g/mol. The molecule has 0 spiro atoms. The first-order valence-corrected chi connectivity index (χ1v) is 6.22. The molecule has 20 heavy (non-hydrogen) atoms. The summed E-state index contributed by atoms with van der Waals surface area (Å²) in [6.07, 6.45) is 1.60. The van der Waals surface area contributed by atoms with E-state index in [4.69, 9.17) is 4.74 Å². The van der Waals surface area contributed by atoms with Crippen LogP contribution >= 0.6 is 0 Å². The molecule has 0 saturated heterocycles. The second kappa shape index (κ2) is 4.99. The number of benzene rings is 1. The third-order valence-corrected chi connectivity index (χ3v) is 3.63. The molecule has 0 aliphatic heterocycles. The molecule has 1 unspecified atom stereocenters. The number of nitro benzene ring substituents is 1. The minimum Gasteiger partial charge on any atom is -0.497 e. The molecule has 0 radical (unpaired) electrons. The van der Waals surface area contributed by atoms with Gasteiger partial charge in [-0.25, -0.2) is 4.79 Å². The van der Waals surface area contributed by atoms with Gasteiger partial charge in [0.25, 0.3) is 5.69 Å². The highest BCUT2D eigenvalue weighted by molar-refractivity contribution is 5.84. The van der Waals surface area contributed by atoms with E-state index in [1.165, 1.54) is 25.3 Å². The Hall–Kier alpha value is -2.31. The average Bonchev–Trinajstić information content (AvgIpc) is 3.22. The number of anilines is 1. The topological polar surface area (TPSA) is 102 Å². The summed E-state index contributed by atoms with van der Waals surface area (Å²) in [5, 5.41) is 23.3. The normalized spacial score (nSPS) is 17.1. The number of nitrogens with one attached hydrogen (secondary N) is 1. The van der Waals surface area contributed by atoms with Gasteiger partial charge in [-0.2, -0.15) is 0 Å². The zero-order valence-electron chi connectivity index (χ0n) is 11.3. The first-order chi connectivity index (χ1) is 9.38. The Labute approximate surface area is 115 Å². The number of nitrogens with zero attached hydrogens (tertiary/aromatic N) is 1. The van der Waals surface area contributed by atoms with E-state index < -0.39 is 16.4 Å². The van der Waals surface area contributed by atoms with E-state index in [1.807, 2.05) is 0 Å². The van der Waals surface area contributed by atoms with Crippen molar-refractivity contribution in [1.82, 2.24) is 0 Å². The van der Waals surface area contributed by atoms with Crippen molar-refractivity contribution in [3.8, 4) is 5.75 Å². The molecule has 2 rings (SSSR count). The summed E-state index contributed by atoms with van der Waals surface area (Å²) in [5.41, 5.74) is -1.22. The SMILES string of the molecule is COc1ccc([N+](=O)[O-])c(NC(C)(C(=O)O)C2CC2)c1. The Morgan fingerprint density at radius 3 is 2.65 bits per heavy atom. The Balaban J connectivity index is 2.40. The van der Waals surface area contributed by atoms with Crippen LogP contribution in [-0.4, -0.2) is 28.6 Å². The maximum Gasteiger partial charge on any atom is 0.329 e. The summed E-state index contributed by atoms with van der Waals surface area (Å²) < 4.78 is 5.03. The van der Waals surface area contributed by atoms with Crippen LogP contribution in [0, 0.1) is 16.0 Å². The van der Waals surface area contributed by atoms with E-state index >= 15 is 0 Å². The Kier molecular flexibility index (Phi) is 3.52. The van der Waals surface area contributed by atoms with Crippen LogP contribution in [0.3, 0.4) is 0 Å². The zero-order valence-corrected chi connectivity index (χ0v) is 11.3. The smallest absolute Gasteiger partial charge is 0.329 e. The lowest BCUT2D eigenvalue weighted by atomic mass is 9.95. The third-order valence-electron chi connectivity index (χ3n) is 3.63. The highest BCUT2D eigenvalue weighted by Gasteiger charge is 2.48. The predicted octanol–water partition coefficient (Wildman–Crippen LogP) is 2.27. The van der Waals surface area contributed by atoms with E-state index in [9.17, 15) is 20.0 Å². The van der Waals surface area contributed by atoms with Gasteiger partial charge < -0.3 is 15.2 Å². The van der Waals surface area contributed by atoms with Gasteiger partial charge in [0.1, 0.15) is 17.0 Å². The first-order valence-electron chi connectivity index (χ1n) is 6.22. The number of carboxylic acid groups (broad SMARTS) is 1. The maximum absolute atomic E-state index is 11.5. The Morgan fingerprint density at radius 2 is 2.20 bits per heavy atom. The molecule has 1 atom stereocenters. The first kappa shape index (κ1) is 14.1. The molecule has 0 aromatic heterocycles. The molecule has 7 nitrogen and oxygen atoms in total. The van der Waals surface area contributed by atoms with E-state index in [0.717, 1.165) is 12.8 Å². The molecule has 108 valence electrons. The number of nitro groups is 1. The average molecular weight is 280 g/mol. The van der Waals surface area contributed by atoms with Crippen LogP contribution in [0.1, 0.15) is 19.8 Å². The van der Waals surface area contributed by atoms with Crippen LogP contribution in [0.25, 0.3) is 0 Å². The number of aliphatic carboxylic acids is 1. The predicted molar refractivity (Wildman–Crippen MR) is 72.0 cm³/mol. The fraction of sp³-hybridized carbons (Fsp3) is 0.462. The number of carboxylic acids is 1. The minimum atomic E-state index is -1.21. The Bertz CT molecular complexity index is 556. The standard InChI is InChI=1S/C13H16N2O5/c1-13(12(16)17,8-3-4-8)14-10-7-9(20-2)5-6-11(10)15(18)19/h5-8,14H,3-4H2,1-2H3,(H,16,17). The van der Waals surface area contributed by atoms with Crippen molar-refractivity contribution < 1.29 is 19.6 Å². The molecule has 0 heterocycles. The van der Waals surface area contributed by atoms with Gasteiger partial charge in [0.05, 0.1) is 12.0 Å². The fourth-order valence-corrected chi connectivity index (χ4v) is 2.17. The summed E-state index contributed by atoms with van der Waals surface area (Å²) in [7, 11) is 1.45. The fourth-order valence-electron chi connectivity index (χ4n) is 2.17. The van der Waals surface area contributed by atoms with Gasteiger partial charge in [-0.15, -0.1) is 0 Å². The number of ether oxygens (including phenoxy) is 1. The van der Waals surface area contributed by atoms with Crippen LogP contribution in [0.5, 0.6) is 5.75 Å². The molecule has 2 N–H and O–H groups in total. The molecule has 7 heteroatoms. The van der Waals surface area contributed by atoms with Crippen molar-refractivity contribution in [1.29, 1.82) is 0 Å². The van der Waals surface area contributed by atoms with Crippen LogP contribution < -0.4 is 10.1 Å². The number of methoxy groups -OCH3 is 1. The lowest BCUT2D eigenvalue weighted by Crippen LogP contribution is -2.45. The van der Waals surface area contributed by atoms with Crippen molar-refractivity contribution in [2.45, 2.75) is 25.3 Å². The van der Waals surface area contributed by atoms with Gasteiger partial charge in [0, 0.05) is 12.1 Å². The van der Waals surface area contributed by atoms with Gasteiger partial charge in [-0.1, -0.05) is 0 Å². The van der Waals surface area contributed by atoms with Gasteiger partial charge in [0.15, 0.2) is 0 Å². The molecular weight excluding hydrogens is 264 g/mol. The van der Waals surface area contributed by atoms with Crippen molar-refractivity contribution in [3.63, 3.8) is 0 Å². The largest absolute Gasteiger partial charge is 0.497 e. The van der Waals surface area contributed by atoms with Gasteiger partial charge in [0.2, 0.25) is 0 Å². The third kappa shape index (κ3) is 2.52. The van der Waals surface area contributed by atoms with Crippen molar-refractivity contribution in [2.75, 3.05) is 12.4 Å². The molecule has 1 aliphatic rings. The van der Waals surface area contributed by atoms with Crippen LogP contribution in [0.15, 0.2) is 18.2 Å². The van der Waals surface area contributed by atoms with Crippen molar-refractivity contribution in [2.24, 2.45) is 5.92 Å². The van der Waals surface area contributed by atoms with Gasteiger partial charge >= 0.3 is 5.97 Å². The molecular formula is C13H16N2O5. The molecule has 1 aromatic rings. The highest BCUT2D eigenvalue weighted by atomic mass is 16.6. The zero-order chi connectivity index (χ0) is 14.9. The lowest BCUT2D eigenvalue weighted by molar-refractivity contribution is -0.384. The summed E-state index contributed by atoms with van der Waals surface area (Å²) in [4.78, 5) is 22.0. The van der Waals surface area contributed by atoms with Crippen molar-refractivity contribution >= 4 is 17.3 Å². The van der Waals surface area contributed by atoms with E-state index in [1.54, 1.807) is 6.92 Å². The van der Waals surface area contributed by atoms with Crippen molar-refractivity contribution in [3.05, 3.63) is 28.3 Å². The van der Waals surface area contributed by atoms with Crippen LogP contribution in [0.4, 0.5) is 11.4 Å². The molecule has 0 bridgehead atoms. The van der Waals surface area contributed by atoms with Gasteiger partial charge in [-0.05, 0) is 31.7 Å². The van der Waals surface area contributed by atoms with Gasteiger partial charge in [-0.3, -0.25) is 10.1 Å². The number of hydrogen-bond donors (Lipinski definition) is 2. The highest BCUT2D eigenvalue weighted by Crippen LogP contribution is 2.43. The van der Waals surface area contributed by atoms with E-state index in [0.29, 0.717) is 5.75 Å². The lowest BCUT2D eigenvalue weighted by Gasteiger charge is -2.27. The molecule has 1 fully saturated rings. The number of carbonyl (C=O) groups is 1. The second-order valence-corrected chi connectivity index (χ2v) is 5.05. The molecule has 0 amide bonds. The number of rotatable bonds is 6. The molecule has 1 aromatic carbocycles. The van der Waals surface area contributed by atoms with Crippen LogP contribution in [0.2, 0.25) is 0 Å². The summed E-state index contributed by atoms with van der Waals surface area (Å²) >= 11 is 0. The summed E-state index contributed by atoms with van der Waals surface area (Å²) in [6.45, 7) is 1.55. The van der Waals surface area contributed by atoms with E-state index in [-0.39, 0.29) is 17.3 Å². The Morgan fingerprint density at radius 1 is 1.55 bits per heavy atom. The molecule has 1 aliphatic carbocycles. The number of hydrogen-bond acceptors (Lipinski definition) is 5. The summed E-state index contributed by atoms with van der Waals surface area (Å²) in [5.74, 6) is -0.607. The van der Waals surface area contributed by atoms with E-state index in [2.05, 4.69) is 5.32 Å². The molecule has 1 saturated carbocycles. The minimum absolute atomic E-state index is 0.0224. The quantitative estimate of drug-likeness (QED) is 0.612. The van der Waals surface area contributed by atoms with Crippen LogP contribution in [-0.2, 0) is 4.79 Å².